The average Bonchev–Trinajstić information content (AvgIpc) is 2.44. The molecule has 2 unspecified atom stereocenters. The van der Waals surface area contributed by atoms with E-state index in [4.69, 9.17) is 14.6 Å². The Balaban J connectivity index is 2.47. The van der Waals surface area contributed by atoms with E-state index in [2.05, 4.69) is 0 Å². The number of ether oxygens (including phenoxy) is 2. The van der Waals surface area contributed by atoms with Gasteiger partial charge >= 0.3 is 6.18 Å². The van der Waals surface area contributed by atoms with Crippen molar-refractivity contribution in [2.24, 2.45) is 0 Å². The van der Waals surface area contributed by atoms with Crippen LogP contribution in [0, 0.1) is 0 Å². The summed E-state index contributed by atoms with van der Waals surface area (Å²) in [5.74, 6) is 0.219. The Labute approximate surface area is 119 Å². The number of carbonyl (C=O) groups is 1. The molecule has 8 heteroatoms. The Kier molecular flexibility index (Phi) is 5.83. The molecule has 0 spiro atoms. The number of alkyl halides is 3. The number of benzene rings is 1. The van der Waals surface area contributed by atoms with Gasteiger partial charge in [0.1, 0.15) is 11.5 Å². The summed E-state index contributed by atoms with van der Waals surface area (Å²) in [6.45, 7) is 0.470. The predicted molar refractivity (Wildman–Crippen MR) is 68.2 cm³/mol. The first-order chi connectivity index (χ1) is 9.74. The van der Waals surface area contributed by atoms with Gasteiger partial charge in [-0.15, -0.1) is 0 Å². The van der Waals surface area contributed by atoms with Gasteiger partial charge in [-0.25, -0.2) is 0 Å². The maximum atomic E-state index is 12.1. The third-order valence-electron chi connectivity index (χ3n) is 2.59. The van der Waals surface area contributed by atoms with Gasteiger partial charge < -0.3 is 19.9 Å². The number of hydrogen-bond acceptors (Lipinski definition) is 4. The van der Waals surface area contributed by atoms with Crippen LogP contribution in [0.2, 0.25) is 0 Å². The van der Waals surface area contributed by atoms with Crippen molar-refractivity contribution in [1.82, 2.24) is 5.32 Å². The fraction of sp³-hybridized carbons (Fsp3) is 0.462. The lowest BCUT2D eigenvalue weighted by Crippen LogP contribution is -2.44. The van der Waals surface area contributed by atoms with E-state index >= 15 is 0 Å². The van der Waals surface area contributed by atoms with Crippen molar-refractivity contribution in [1.29, 1.82) is 0 Å². The van der Waals surface area contributed by atoms with Crippen LogP contribution < -0.4 is 14.8 Å². The highest BCUT2D eigenvalue weighted by atomic mass is 19.4. The van der Waals surface area contributed by atoms with Gasteiger partial charge in [-0.3, -0.25) is 4.79 Å². The fourth-order valence-corrected chi connectivity index (χ4v) is 1.37. The van der Waals surface area contributed by atoms with Crippen LogP contribution in [0.15, 0.2) is 24.3 Å². The molecule has 2 N–H and O–H groups in total. The molecule has 0 fully saturated rings. The molecule has 0 heterocycles. The number of amides is 1. The zero-order valence-electron chi connectivity index (χ0n) is 11.5. The minimum Gasteiger partial charge on any atom is -0.497 e. The first-order valence-electron chi connectivity index (χ1n) is 6.07. The van der Waals surface area contributed by atoms with E-state index < -0.39 is 30.8 Å². The monoisotopic (exact) mass is 307 g/mol. The molecular formula is C13H16F3NO4. The molecule has 0 aliphatic heterocycles. The first-order valence-corrected chi connectivity index (χ1v) is 6.07. The van der Waals surface area contributed by atoms with Gasteiger partial charge in [0.2, 0.25) is 0 Å². The second kappa shape index (κ2) is 7.16. The summed E-state index contributed by atoms with van der Waals surface area (Å²) in [4.78, 5) is 11.6. The molecule has 0 aliphatic rings. The third kappa shape index (κ3) is 5.50. The smallest absolute Gasteiger partial charge is 0.416 e. The summed E-state index contributed by atoms with van der Waals surface area (Å²) in [5, 5.41) is 10.7. The highest BCUT2D eigenvalue weighted by molar-refractivity contribution is 5.80. The molecule has 0 aliphatic carbocycles. The molecule has 118 valence electrons. The van der Waals surface area contributed by atoms with Gasteiger partial charge in [-0.2, -0.15) is 13.2 Å². The first kappa shape index (κ1) is 17.1. The molecule has 0 saturated carbocycles. The summed E-state index contributed by atoms with van der Waals surface area (Å²) < 4.78 is 46.4. The zero-order valence-corrected chi connectivity index (χ0v) is 11.5. The van der Waals surface area contributed by atoms with Gasteiger partial charge in [0.25, 0.3) is 5.91 Å². The molecular weight excluding hydrogens is 291 g/mol. The number of aliphatic hydroxyl groups excluding tert-OH is 1. The second-order valence-electron chi connectivity index (χ2n) is 4.24. The molecule has 1 amide bonds. The Morgan fingerprint density at radius 2 is 1.81 bits per heavy atom. The van der Waals surface area contributed by atoms with Crippen molar-refractivity contribution in [3.63, 3.8) is 0 Å². The number of aliphatic hydroxyl groups is 1. The van der Waals surface area contributed by atoms with Crippen LogP contribution in [-0.4, -0.2) is 43.1 Å². The quantitative estimate of drug-likeness (QED) is 0.836. The third-order valence-corrected chi connectivity index (χ3v) is 2.59. The molecule has 21 heavy (non-hydrogen) atoms. The predicted octanol–water partition coefficient (Wildman–Crippen LogP) is 1.50. The highest BCUT2D eigenvalue weighted by Gasteiger charge is 2.38. The van der Waals surface area contributed by atoms with Crippen molar-refractivity contribution in [2.75, 3.05) is 13.7 Å². The minimum atomic E-state index is -4.77. The summed E-state index contributed by atoms with van der Waals surface area (Å²) >= 11 is 0. The van der Waals surface area contributed by atoms with Crippen LogP contribution in [0.3, 0.4) is 0 Å². The van der Waals surface area contributed by atoms with Gasteiger partial charge in [-0.05, 0) is 31.2 Å². The molecule has 5 nitrogen and oxygen atoms in total. The zero-order chi connectivity index (χ0) is 16.0. The van der Waals surface area contributed by atoms with Crippen LogP contribution in [0.1, 0.15) is 6.92 Å². The molecule has 0 radical (unpaired) electrons. The molecule has 2 atom stereocenters. The van der Waals surface area contributed by atoms with Crippen molar-refractivity contribution >= 4 is 5.91 Å². The van der Waals surface area contributed by atoms with Gasteiger partial charge in [-0.1, -0.05) is 0 Å². The molecule has 1 aromatic rings. The van der Waals surface area contributed by atoms with Crippen LogP contribution >= 0.6 is 0 Å². The Morgan fingerprint density at radius 1 is 1.29 bits per heavy atom. The highest BCUT2D eigenvalue weighted by Crippen LogP contribution is 2.20. The summed E-state index contributed by atoms with van der Waals surface area (Å²) in [7, 11) is 1.50. The standard InChI is InChI=1S/C13H16F3NO4/c1-8(12(19)17-7-11(18)13(14,15)16)21-10-5-3-9(20-2)4-6-10/h3-6,8,11,18H,7H2,1-2H3,(H,17,19). The van der Waals surface area contributed by atoms with Crippen molar-refractivity contribution in [3.8, 4) is 11.5 Å². The molecule has 0 saturated heterocycles. The van der Waals surface area contributed by atoms with Gasteiger partial charge in [0.05, 0.1) is 13.7 Å². The Morgan fingerprint density at radius 3 is 2.29 bits per heavy atom. The van der Waals surface area contributed by atoms with Crippen LogP contribution in [0.25, 0.3) is 0 Å². The van der Waals surface area contributed by atoms with E-state index in [0.29, 0.717) is 11.5 Å². The van der Waals surface area contributed by atoms with Crippen molar-refractivity contribution in [3.05, 3.63) is 24.3 Å². The molecule has 0 bridgehead atoms. The fourth-order valence-electron chi connectivity index (χ4n) is 1.37. The summed E-state index contributed by atoms with van der Waals surface area (Å²) in [5.41, 5.74) is 0. The molecule has 1 rings (SSSR count). The van der Waals surface area contributed by atoms with E-state index in [0.717, 1.165) is 0 Å². The largest absolute Gasteiger partial charge is 0.497 e. The van der Waals surface area contributed by atoms with Crippen LogP contribution in [0.4, 0.5) is 13.2 Å². The van der Waals surface area contributed by atoms with Crippen molar-refractivity contribution < 1.29 is 32.5 Å². The topological polar surface area (TPSA) is 67.8 Å². The lowest BCUT2D eigenvalue weighted by molar-refractivity contribution is -0.202. The van der Waals surface area contributed by atoms with Crippen LogP contribution in [-0.2, 0) is 4.79 Å². The second-order valence-corrected chi connectivity index (χ2v) is 4.24. The lowest BCUT2D eigenvalue weighted by atomic mass is 10.3. The molecule has 0 aromatic heterocycles. The lowest BCUT2D eigenvalue weighted by Gasteiger charge is -2.18. The number of hydrogen-bond donors (Lipinski definition) is 2. The maximum absolute atomic E-state index is 12.1. The molecule has 1 aromatic carbocycles. The number of nitrogens with one attached hydrogen (secondary N) is 1. The van der Waals surface area contributed by atoms with Gasteiger partial charge in [0.15, 0.2) is 12.2 Å². The van der Waals surface area contributed by atoms with Gasteiger partial charge in [0, 0.05) is 0 Å². The SMILES string of the molecule is COc1ccc(OC(C)C(=O)NCC(O)C(F)(F)F)cc1. The number of rotatable bonds is 6. The van der Waals surface area contributed by atoms with E-state index in [-0.39, 0.29) is 0 Å². The van der Waals surface area contributed by atoms with Crippen molar-refractivity contribution in [2.45, 2.75) is 25.3 Å². The summed E-state index contributed by atoms with van der Waals surface area (Å²) in [6, 6.07) is 6.36. The number of carbonyl (C=O) groups excluding carboxylic acids is 1. The van der Waals surface area contributed by atoms with E-state index in [1.807, 2.05) is 5.32 Å². The van der Waals surface area contributed by atoms with Crippen LogP contribution in [0.5, 0.6) is 11.5 Å². The van der Waals surface area contributed by atoms with E-state index in [9.17, 15) is 18.0 Å². The van der Waals surface area contributed by atoms with E-state index in [1.54, 1.807) is 24.3 Å². The maximum Gasteiger partial charge on any atom is 0.416 e. The number of halogens is 3. The normalized spacial score (nSPS) is 14.2. The minimum absolute atomic E-state index is 0.370. The Bertz CT molecular complexity index is 461. The van der Waals surface area contributed by atoms with E-state index in [1.165, 1.54) is 14.0 Å². The summed E-state index contributed by atoms with van der Waals surface area (Å²) in [6.07, 6.45) is -8.37. The number of methoxy groups -OCH3 is 1. The average molecular weight is 307 g/mol. The Hall–Kier alpha value is -1.96.